The predicted octanol–water partition coefficient (Wildman–Crippen LogP) is 2.17. The standard InChI is InChI=1S/C15H23N3O2/c1-10-6-4-5-7-13(10)16-14(19)9-20-15-8-11(2)12(3)17-18-15/h8,10,13H,4-7,9H2,1-3H3,(H,16,19). The number of carbonyl (C=O) groups is 1. The lowest BCUT2D eigenvalue weighted by Crippen LogP contribution is -2.43. The second-order valence-electron chi connectivity index (χ2n) is 5.68. The largest absolute Gasteiger partial charge is 0.466 e. The molecule has 20 heavy (non-hydrogen) atoms. The molecule has 1 amide bonds. The van der Waals surface area contributed by atoms with Crippen LogP contribution < -0.4 is 10.1 Å². The van der Waals surface area contributed by atoms with Crippen LogP contribution in [-0.4, -0.2) is 28.8 Å². The molecule has 5 nitrogen and oxygen atoms in total. The number of amides is 1. The van der Waals surface area contributed by atoms with Crippen molar-refractivity contribution in [2.75, 3.05) is 6.61 Å². The van der Waals surface area contributed by atoms with Crippen molar-refractivity contribution >= 4 is 5.91 Å². The molecular formula is C15H23N3O2. The minimum absolute atomic E-state index is 0.000398. The molecular weight excluding hydrogens is 254 g/mol. The van der Waals surface area contributed by atoms with Crippen LogP contribution in [0.2, 0.25) is 0 Å². The van der Waals surface area contributed by atoms with Crippen LogP contribution in [0.4, 0.5) is 0 Å². The Morgan fingerprint density at radius 2 is 2.10 bits per heavy atom. The van der Waals surface area contributed by atoms with Crippen LogP contribution in [0.1, 0.15) is 43.9 Å². The van der Waals surface area contributed by atoms with Crippen molar-refractivity contribution in [3.63, 3.8) is 0 Å². The van der Waals surface area contributed by atoms with E-state index in [1.165, 1.54) is 19.3 Å². The molecule has 1 aromatic rings. The molecule has 1 N–H and O–H groups in total. The van der Waals surface area contributed by atoms with Gasteiger partial charge in [0, 0.05) is 12.1 Å². The fourth-order valence-electron chi connectivity index (χ4n) is 2.51. The summed E-state index contributed by atoms with van der Waals surface area (Å²) < 4.78 is 5.39. The van der Waals surface area contributed by atoms with Gasteiger partial charge in [-0.1, -0.05) is 19.8 Å². The van der Waals surface area contributed by atoms with Gasteiger partial charge in [0.1, 0.15) is 0 Å². The van der Waals surface area contributed by atoms with Gasteiger partial charge in [0.2, 0.25) is 5.88 Å². The summed E-state index contributed by atoms with van der Waals surface area (Å²) in [4.78, 5) is 11.9. The Hall–Kier alpha value is -1.65. The highest BCUT2D eigenvalue weighted by Crippen LogP contribution is 2.23. The molecule has 0 aliphatic heterocycles. The van der Waals surface area contributed by atoms with Gasteiger partial charge in [0.25, 0.3) is 5.91 Å². The molecule has 1 fully saturated rings. The first-order chi connectivity index (χ1) is 9.56. The molecule has 5 heteroatoms. The summed E-state index contributed by atoms with van der Waals surface area (Å²) in [6, 6.07) is 2.09. The van der Waals surface area contributed by atoms with Crippen LogP contribution >= 0.6 is 0 Å². The fraction of sp³-hybridized carbons (Fsp3) is 0.667. The number of nitrogens with one attached hydrogen (secondary N) is 1. The number of rotatable bonds is 4. The van der Waals surface area contributed by atoms with Gasteiger partial charge in [-0.2, -0.15) is 5.10 Å². The lowest BCUT2D eigenvalue weighted by atomic mass is 9.86. The third kappa shape index (κ3) is 3.92. The van der Waals surface area contributed by atoms with Crippen LogP contribution in [0.15, 0.2) is 6.07 Å². The summed E-state index contributed by atoms with van der Waals surface area (Å²) in [6.45, 7) is 6.03. The van der Waals surface area contributed by atoms with Gasteiger partial charge in [-0.05, 0) is 38.2 Å². The number of aromatic nitrogens is 2. The Kier molecular flexibility index (Phi) is 4.93. The van der Waals surface area contributed by atoms with E-state index in [0.717, 1.165) is 17.7 Å². The van der Waals surface area contributed by atoms with Crippen molar-refractivity contribution in [3.8, 4) is 5.88 Å². The van der Waals surface area contributed by atoms with Gasteiger partial charge in [0.15, 0.2) is 6.61 Å². The molecule has 0 radical (unpaired) electrons. The van der Waals surface area contributed by atoms with E-state index in [2.05, 4.69) is 22.4 Å². The molecule has 2 atom stereocenters. The molecule has 1 heterocycles. The maximum Gasteiger partial charge on any atom is 0.258 e. The highest BCUT2D eigenvalue weighted by Gasteiger charge is 2.22. The monoisotopic (exact) mass is 277 g/mol. The minimum Gasteiger partial charge on any atom is -0.466 e. The van der Waals surface area contributed by atoms with E-state index in [-0.39, 0.29) is 18.6 Å². The van der Waals surface area contributed by atoms with Crippen molar-refractivity contribution < 1.29 is 9.53 Å². The topological polar surface area (TPSA) is 64.1 Å². The third-order valence-electron chi connectivity index (χ3n) is 4.02. The van der Waals surface area contributed by atoms with Crippen molar-refractivity contribution in [1.29, 1.82) is 0 Å². The van der Waals surface area contributed by atoms with E-state index in [0.29, 0.717) is 11.8 Å². The van der Waals surface area contributed by atoms with E-state index in [1.807, 2.05) is 13.8 Å². The van der Waals surface area contributed by atoms with Crippen molar-refractivity contribution in [3.05, 3.63) is 17.3 Å². The Bertz CT molecular complexity index is 476. The molecule has 2 unspecified atom stereocenters. The predicted molar refractivity (Wildman–Crippen MR) is 76.6 cm³/mol. The van der Waals surface area contributed by atoms with E-state index in [1.54, 1.807) is 6.07 Å². The molecule has 1 aliphatic carbocycles. The maximum atomic E-state index is 11.9. The third-order valence-corrected chi connectivity index (χ3v) is 4.02. The summed E-state index contributed by atoms with van der Waals surface area (Å²) in [5, 5.41) is 11.0. The van der Waals surface area contributed by atoms with E-state index in [9.17, 15) is 4.79 Å². The summed E-state index contributed by atoms with van der Waals surface area (Å²) >= 11 is 0. The summed E-state index contributed by atoms with van der Waals surface area (Å²) in [5.41, 5.74) is 1.88. The Morgan fingerprint density at radius 1 is 1.35 bits per heavy atom. The SMILES string of the molecule is Cc1cc(OCC(=O)NC2CCCCC2C)nnc1C. The quantitative estimate of drug-likeness (QED) is 0.916. The van der Waals surface area contributed by atoms with Crippen molar-refractivity contribution in [2.45, 2.75) is 52.5 Å². The maximum absolute atomic E-state index is 11.9. The second kappa shape index (κ2) is 6.68. The molecule has 0 aromatic carbocycles. The summed E-state index contributed by atoms with van der Waals surface area (Å²) in [6.07, 6.45) is 4.71. The number of nitrogens with zero attached hydrogens (tertiary/aromatic N) is 2. The smallest absolute Gasteiger partial charge is 0.258 e. The van der Waals surface area contributed by atoms with Crippen molar-refractivity contribution in [2.24, 2.45) is 5.92 Å². The molecule has 0 saturated heterocycles. The highest BCUT2D eigenvalue weighted by molar-refractivity contribution is 5.77. The normalized spacial score (nSPS) is 22.4. The van der Waals surface area contributed by atoms with Gasteiger partial charge in [-0.15, -0.1) is 5.10 Å². The Balaban J connectivity index is 1.81. The second-order valence-corrected chi connectivity index (χ2v) is 5.68. The van der Waals surface area contributed by atoms with Gasteiger partial charge >= 0.3 is 0 Å². The first-order valence-electron chi connectivity index (χ1n) is 7.29. The fourth-order valence-corrected chi connectivity index (χ4v) is 2.51. The summed E-state index contributed by atoms with van der Waals surface area (Å²) in [7, 11) is 0. The number of carbonyl (C=O) groups excluding carboxylic acids is 1. The first-order valence-corrected chi connectivity index (χ1v) is 7.29. The van der Waals surface area contributed by atoms with E-state index >= 15 is 0 Å². The van der Waals surface area contributed by atoms with Crippen LogP contribution in [0.25, 0.3) is 0 Å². The lowest BCUT2D eigenvalue weighted by molar-refractivity contribution is -0.124. The average molecular weight is 277 g/mol. The molecule has 0 bridgehead atoms. The van der Waals surface area contributed by atoms with Crippen molar-refractivity contribution in [1.82, 2.24) is 15.5 Å². The number of hydrogen-bond donors (Lipinski definition) is 1. The molecule has 2 rings (SSSR count). The molecule has 1 aromatic heterocycles. The van der Waals surface area contributed by atoms with Gasteiger partial charge in [-0.25, -0.2) is 0 Å². The van der Waals surface area contributed by atoms with Gasteiger partial charge in [-0.3, -0.25) is 4.79 Å². The Labute approximate surface area is 120 Å². The van der Waals surface area contributed by atoms with E-state index < -0.39 is 0 Å². The zero-order chi connectivity index (χ0) is 14.5. The Morgan fingerprint density at radius 3 is 2.80 bits per heavy atom. The number of ether oxygens (including phenoxy) is 1. The van der Waals surface area contributed by atoms with Crippen LogP contribution in [0, 0.1) is 19.8 Å². The zero-order valence-electron chi connectivity index (χ0n) is 12.5. The summed E-state index contributed by atoms with van der Waals surface area (Å²) in [5.74, 6) is 0.873. The van der Waals surface area contributed by atoms with Crippen LogP contribution in [0.3, 0.4) is 0 Å². The number of hydrogen-bond acceptors (Lipinski definition) is 4. The highest BCUT2D eigenvalue weighted by atomic mass is 16.5. The zero-order valence-corrected chi connectivity index (χ0v) is 12.5. The minimum atomic E-state index is -0.0798. The molecule has 0 spiro atoms. The van der Waals surface area contributed by atoms with E-state index in [4.69, 9.17) is 4.74 Å². The lowest BCUT2D eigenvalue weighted by Gasteiger charge is -2.29. The van der Waals surface area contributed by atoms with Crippen LogP contribution in [-0.2, 0) is 4.79 Å². The molecule has 1 saturated carbocycles. The van der Waals surface area contributed by atoms with Gasteiger partial charge in [0.05, 0.1) is 5.69 Å². The average Bonchev–Trinajstić information content (AvgIpc) is 2.43. The number of aryl methyl sites for hydroxylation is 2. The molecule has 1 aliphatic rings. The first kappa shape index (κ1) is 14.8. The van der Waals surface area contributed by atoms with Crippen LogP contribution in [0.5, 0.6) is 5.88 Å². The molecule has 110 valence electrons. The van der Waals surface area contributed by atoms with Gasteiger partial charge < -0.3 is 10.1 Å².